The van der Waals surface area contributed by atoms with E-state index < -0.39 is 120 Å². The Hall–Kier alpha value is -3.75. The van der Waals surface area contributed by atoms with Crippen molar-refractivity contribution in [1.29, 1.82) is 0 Å². The van der Waals surface area contributed by atoms with Crippen molar-refractivity contribution in [2.45, 2.75) is 61.4 Å². The number of benzene rings is 2. The summed E-state index contributed by atoms with van der Waals surface area (Å²) in [5.74, 6) is -3.23. The van der Waals surface area contributed by atoms with E-state index in [9.17, 15) is 61.0 Å². The number of hydrogen-bond acceptors (Lipinski definition) is 17. The molecule has 0 saturated carbocycles. The Morgan fingerprint density at radius 1 is 0.659 bits per heavy atom. The van der Waals surface area contributed by atoms with Crippen LogP contribution in [0.5, 0.6) is 28.7 Å². The standard InChI is InChI=1S/C27H30O17/c28-6-15-18(34)20(36)22(38)26(42-15)41-14-5-12(33)17-11(32)4-13(8-1-2-9(30)10(31)3-8)40-25(17)24(14)44-27-23(39)21(37)19(35)16(7-29)43-27/h1-5,15-16,18-23,26-31,33-39H,6-7H2/t15-,16-,18-,19-,20+,21+,22-,23-,26-,27+/m1/s1. The fourth-order valence-electron chi connectivity index (χ4n) is 4.86. The molecule has 0 aliphatic carbocycles. The lowest BCUT2D eigenvalue weighted by Crippen LogP contribution is -2.60. The van der Waals surface area contributed by atoms with Crippen molar-refractivity contribution in [2.24, 2.45) is 0 Å². The summed E-state index contributed by atoms with van der Waals surface area (Å²) >= 11 is 0. The van der Waals surface area contributed by atoms with Crippen molar-refractivity contribution in [3.8, 4) is 40.1 Å². The average molecular weight is 627 g/mol. The second kappa shape index (κ2) is 12.3. The first-order valence-electron chi connectivity index (χ1n) is 13.2. The Kier molecular flexibility index (Phi) is 8.87. The summed E-state index contributed by atoms with van der Waals surface area (Å²) in [6.45, 7) is -1.63. The van der Waals surface area contributed by atoms with E-state index in [-0.39, 0.29) is 11.3 Å². The smallest absolute Gasteiger partial charge is 0.229 e. The van der Waals surface area contributed by atoms with Gasteiger partial charge in [-0.25, -0.2) is 0 Å². The minimum Gasteiger partial charge on any atom is -0.507 e. The van der Waals surface area contributed by atoms with E-state index in [0.717, 1.165) is 24.3 Å². The fourth-order valence-corrected chi connectivity index (χ4v) is 4.86. The van der Waals surface area contributed by atoms with Gasteiger partial charge in [0, 0.05) is 17.7 Å². The molecule has 0 unspecified atom stereocenters. The van der Waals surface area contributed by atoms with Crippen LogP contribution in [-0.2, 0) is 9.47 Å². The summed E-state index contributed by atoms with van der Waals surface area (Å²) in [4.78, 5) is 13.2. The number of hydrogen-bond donors (Lipinski definition) is 11. The van der Waals surface area contributed by atoms with Crippen LogP contribution in [0.15, 0.2) is 39.5 Å². The minimum atomic E-state index is -1.97. The first-order chi connectivity index (χ1) is 20.9. The molecule has 2 aromatic carbocycles. The predicted molar refractivity (Wildman–Crippen MR) is 142 cm³/mol. The Bertz CT molecular complexity index is 1550. The van der Waals surface area contributed by atoms with Crippen LogP contribution in [0.4, 0.5) is 0 Å². The molecule has 0 amide bonds. The van der Waals surface area contributed by atoms with Gasteiger partial charge in [0.1, 0.15) is 65.7 Å². The van der Waals surface area contributed by atoms with Gasteiger partial charge >= 0.3 is 0 Å². The van der Waals surface area contributed by atoms with E-state index in [0.29, 0.717) is 0 Å². The lowest BCUT2D eigenvalue weighted by molar-refractivity contribution is -0.282. The SMILES string of the molecule is O=c1cc(-c2ccc(O)c(O)c2)oc2c(O[C@@H]3O[C@H](CO)[C@@H](O)[C@H](O)[C@H]3O)c(O[C@@H]3O[C@H](CO)[C@@H](O)[C@H](O)[C@H]3O)cc(O)c12. The molecular formula is C27H30O17. The molecule has 17 nitrogen and oxygen atoms in total. The molecule has 17 heteroatoms. The minimum absolute atomic E-state index is 0.0674. The Labute approximate surface area is 246 Å². The van der Waals surface area contributed by atoms with E-state index >= 15 is 0 Å². The molecule has 240 valence electrons. The van der Waals surface area contributed by atoms with Crippen molar-refractivity contribution < 1.29 is 79.5 Å². The molecule has 44 heavy (non-hydrogen) atoms. The van der Waals surface area contributed by atoms with Gasteiger partial charge < -0.3 is 79.5 Å². The third-order valence-corrected chi connectivity index (χ3v) is 7.34. The van der Waals surface area contributed by atoms with Crippen molar-refractivity contribution in [2.75, 3.05) is 13.2 Å². The molecule has 2 fully saturated rings. The zero-order valence-corrected chi connectivity index (χ0v) is 22.4. The molecule has 2 aliphatic heterocycles. The zero-order chi connectivity index (χ0) is 32.0. The number of rotatable bonds is 7. The van der Waals surface area contributed by atoms with Crippen molar-refractivity contribution in [1.82, 2.24) is 0 Å². The quantitative estimate of drug-likeness (QED) is 0.116. The van der Waals surface area contributed by atoms with Crippen molar-refractivity contribution in [3.63, 3.8) is 0 Å². The highest BCUT2D eigenvalue weighted by molar-refractivity contribution is 5.91. The number of ether oxygens (including phenoxy) is 4. The maximum Gasteiger partial charge on any atom is 0.229 e. The highest BCUT2D eigenvalue weighted by atomic mass is 16.7. The molecule has 2 aliphatic rings. The summed E-state index contributed by atoms with van der Waals surface area (Å²) < 4.78 is 28.1. The van der Waals surface area contributed by atoms with Crippen LogP contribution in [0.3, 0.4) is 0 Å². The normalized spacial score (nSPS) is 32.5. The number of aliphatic hydroxyl groups is 8. The molecule has 10 atom stereocenters. The Morgan fingerprint density at radius 2 is 1.23 bits per heavy atom. The first-order valence-corrected chi connectivity index (χ1v) is 13.2. The molecular weight excluding hydrogens is 596 g/mol. The summed E-state index contributed by atoms with van der Waals surface area (Å²) in [7, 11) is 0. The maximum absolute atomic E-state index is 13.2. The lowest BCUT2D eigenvalue weighted by Gasteiger charge is -2.40. The summed E-state index contributed by atoms with van der Waals surface area (Å²) in [5, 5.41) is 111. The molecule has 0 radical (unpaired) electrons. The second-order valence-corrected chi connectivity index (χ2v) is 10.2. The van der Waals surface area contributed by atoms with Crippen LogP contribution in [0.1, 0.15) is 0 Å². The predicted octanol–water partition coefficient (Wildman–Crippen LogP) is -3.07. The average Bonchev–Trinajstić information content (AvgIpc) is 3.00. The van der Waals surface area contributed by atoms with Gasteiger partial charge in [-0.05, 0) is 18.2 Å². The highest BCUT2D eigenvalue weighted by Crippen LogP contribution is 2.44. The van der Waals surface area contributed by atoms with Crippen molar-refractivity contribution in [3.05, 3.63) is 40.6 Å². The Balaban J connectivity index is 1.67. The summed E-state index contributed by atoms with van der Waals surface area (Å²) in [6.07, 6.45) is -17.8. The number of phenols is 3. The van der Waals surface area contributed by atoms with Gasteiger partial charge in [-0.1, -0.05) is 0 Å². The van der Waals surface area contributed by atoms with Crippen molar-refractivity contribution >= 4 is 11.0 Å². The second-order valence-electron chi connectivity index (χ2n) is 10.2. The molecule has 3 aromatic rings. The van der Waals surface area contributed by atoms with E-state index in [4.69, 9.17) is 23.4 Å². The first kappa shape index (κ1) is 31.7. The van der Waals surface area contributed by atoms with Crippen LogP contribution in [0.2, 0.25) is 0 Å². The molecule has 5 rings (SSSR count). The van der Waals surface area contributed by atoms with Crippen LogP contribution < -0.4 is 14.9 Å². The molecule has 11 N–H and O–H groups in total. The molecule has 1 aromatic heterocycles. The lowest BCUT2D eigenvalue weighted by atomic mass is 9.99. The van der Waals surface area contributed by atoms with E-state index in [1.807, 2.05) is 0 Å². The van der Waals surface area contributed by atoms with E-state index in [1.54, 1.807) is 0 Å². The van der Waals surface area contributed by atoms with Gasteiger partial charge in [-0.15, -0.1) is 0 Å². The summed E-state index contributed by atoms with van der Waals surface area (Å²) in [5.41, 5.74) is -1.36. The maximum atomic E-state index is 13.2. The summed E-state index contributed by atoms with van der Waals surface area (Å²) in [6, 6.07) is 5.23. The number of aliphatic hydroxyl groups excluding tert-OH is 8. The molecule has 0 spiro atoms. The van der Waals surface area contributed by atoms with Gasteiger partial charge in [0.15, 0.2) is 28.3 Å². The van der Waals surface area contributed by atoms with Gasteiger partial charge in [-0.2, -0.15) is 0 Å². The monoisotopic (exact) mass is 626 g/mol. The molecule has 0 bridgehead atoms. The Morgan fingerprint density at radius 3 is 1.77 bits per heavy atom. The van der Waals surface area contributed by atoms with Gasteiger partial charge in [0.05, 0.1) is 13.2 Å². The van der Waals surface area contributed by atoms with Gasteiger partial charge in [0.25, 0.3) is 0 Å². The van der Waals surface area contributed by atoms with Crippen LogP contribution >= 0.6 is 0 Å². The highest BCUT2D eigenvalue weighted by Gasteiger charge is 2.47. The van der Waals surface area contributed by atoms with Gasteiger partial charge in [0.2, 0.25) is 18.3 Å². The third-order valence-electron chi connectivity index (χ3n) is 7.34. The zero-order valence-electron chi connectivity index (χ0n) is 22.4. The van der Waals surface area contributed by atoms with E-state index in [1.165, 1.54) is 6.07 Å². The fraction of sp³-hybridized carbons (Fsp3) is 0.444. The largest absolute Gasteiger partial charge is 0.507 e. The van der Waals surface area contributed by atoms with Crippen LogP contribution in [0, 0.1) is 0 Å². The third kappa shape index (κ3) is 5.61. The molecule has 3 heterocycles. The van der Waals surface area contributed by atoms with Gasteiger partial charge in [-0.3, -0.25) is 4.79 Å². The topological polar surface area (TPSA) is 290 Å². The number of aromatic hydroxyl groups is 3. The van der Waals surface area contributed by atoms with Crippen LogP contribution in [0.25, 0.3) is 22.3 Å². The molecule has 2 saturated heterocycles. The number of phenolic OH excluding ortho intramolecular Hbond substituents is 3. The number of fused-ring (bicyclic) bond motifs is 1. The van der Waals surface area contributed by atoms with E-state index in [2.05, 4.69) is 0 Å². The van der Waals surface area contributed by atoms with Crippen LogP contribution in [-0.4, -0.2) is 131 Å².